The quantitative estimate of drug-likeness (QED) is 0.262. The first-order valence-electron chi connectivity index (χ1n) is 9.82. The molecule has 2 heterocycles. The minimum atomic E-state index is -3.44. The molecule has 8 nitrogen and oxygen atoms in total. The third kappa shape index (κ3) is 7.00. The fourth-order valence-corrected chi connectivity index (χ4v) is 5.81. The summed E-state index contributed by atoms with van der Waals surface area (Å²) in [7, 11) is -3.44. The number of hydrogen-bond donors (Lipinski definition) is 4. The molecule has 174 valence electrons. The van der Waals surface area contributed by atoms with Crippen molar-refractivity contribution >= 4 is 21.6 Å². The number of phenols is 2. The number of nitrogens with zero attached hydrogens (tertiary/aromatic N) is 1. The van der Waals surface area contributed by atoms with E-state index in [0.717, 1.165) is 45.8 Å². The van der Waals surface area contributed by atoms with E-state index in [9.17, 15) is 18.6 Å². The maximum absolute atomic E-state index is 12.9. The lowest BCUT2D eigenvalue weighted by Crippen LogP contribution is -3.16. The summed E-state index contributed by atoms with van der Waals surface area (Å²) in [5.74, 6) is -0.282. The molecule has 3 rings (SSSR count). The van der Waals surface area contributed by atoms with Crippen LogP contribution in [0, 0.1) is 0 Å². The molecule has 1 aromatic rings. The summed E-state index contributed by atoms with van der Waals surface area (Å²) in [5, 5.41) is 22.0. The number of sulfonamides is 1. The molecule has 1 atom stereocenters. The molecule has 0 aliphatic carbocycles. The van der Waals surface area contributed by atoms with Crippen molar-refractivity contribution in [2.75, 3.05) is 58.2 Å². The molecule has 0 aromatic heterocycles. The Bertz CT molecular complexity index is 779. The molecule has 0 bridgehead atoms. The molecule has 12 heteroatoms. The van der Waals surface area contributed by atoms with Gasteiger partial charge in [0.2, 0.25) is 10.0 Å². The van der Waals surface area contributed by atoms with Crippen molar-refractivity contribution in [3.05, 3.63) is 22.7 Å². The summed E-state index contributed by atoms with van der Waals surface area (Å²) < 4.78 is 32.5. The van der Waals surface area contributed by atoms with Gasteiger partial charge in [0, 0.05) is 18.2 Å². The van der Waals surface area contributed by atoms with Crippen molar-refractivity contribution in [2.45, 2.75) is 18.9 Å². The highest BCUT2D eigenvalue weighted by atomic mass is 35.5. The van der Waals surface area contributed by atoms with Gasteiger partial charge in [0.25, 0.3) is 0 Å². The van der Waals surface area contributed by atoms with Gasteiger partial charge in [-0.05, 0) is 18.9 Å². The van der Waals surface area contributed by atoms with Gasteiger partial charge in [-0.1, -0.05) is 11.6 Å². The number of quaternary nitrogens is 2. The van der Waals surface area contributed by atoms with Crippen molar-refractivity contribution in [1.29, 1.82) is 0 Å². The van der Waals surface area contributed by atoms with Crippen molar-refractivity contribution in [1.82, 2.24) is 4.31 Å². The largest absolute Gasteiger partial charge is 1.00 e. The number of halogens is 3. The monoisotopic (exact) mass is 505 g/mol. The highest BCUT2D eigenvalue weighted by molar-refractivity contribution is 7.89. The van der Waals surface area contributed by atoms with Crippen LogP contribution in [-0.2, 0) is 14.8 Å². The average Bonchev–Trinajstić information content (AvgIpc) is 3.16. The minimum absolute atomic E-state index is 0. The van der Waals surface area contributed by atoms with Crippen LogP contribution in [-0.4, -0.2) is 81.2 Å². The predicted molar refractivity (Wildman–Crippen MR) is 105 cm³/mol. The standard InChI is InChI=1S/C18H28ClN3O5S.2ClH/c19-15-12-14(17(23)13-18(15)24)16-2-1-5-22(16)28(25,26)11-4-20-3-6-21-7-9-27-10-8-21;;/h12-13,16,20,23-24H,1-11H2;2*1H. The zero-order valence-electron chi connectivity index (χ0n) is 16.7. The van der Waals surface area contributed by atoms with Crippen LogP contribution in [0.3, 0.4) is 0 Å². The van der Waals surface area contributed by atoms with Gasteiger partial charge in [0.15, 0.2) is 0 Å². The number of hydrogen-bond acceptors (Lipinski definition) is 5. The fourth-order valence-electron chi connectivity index (χ4n) is 3.93. The average molecular weight is 507 g/mol. The normalized spacial score (nSPS) is 20.5. The number of ether oxygens (including phenoxy) is 1. The summed E-state index contributed by atoms with van der Waals surface area (Å²) >= 11 is 5.96. The number of morpholine rings is 1. The molecule has 2 aliphatic heterocycles. The minimum Gasteiger partial charge on any atom is -1.00 e. The third-order valence-corrected chi connectivity index (χ3v) is 7.70. The lowest BCUT2D eigenvalue weighted by molar-refractivity contribution is -0.919. The Kier molecular flexibility index (Phi) is 11.5. The number of rotatable bonds is 8. The van der Waals surface area contributed by atoms with Crippen molar-refractivity contribution < 1.29 is 58.4 Å². The van der Waals surface area contributed by atoms with Crippen molar-refractivity contribution in [3.63, 3.8) is 0 Å². The molecule has 2 fully saturated rings. The molecule has 0 saturated carbocycles. The molecule has 1 unspecified atom stereocenters. The van der Waals surface area contributed by atoms with Crippen molar-refractivity contribution in [2.24, 2.45) is 0 Å². The molecule has 1 aromatic carbocycles. The van der Waals surface area contributed by atoms with Gasteiger partial charge in [-0.2, -0.15) is 4.31 Å². The number of aromatic hydroxyl groups is 2. The number of phenolic OH excluding ortho intramolecular Hbond substituents is 2. The van der Waals surface area contributed by atoms with E-state index < -0.39 is 16.1 Å². The summed E-state index contributed by atoms with van der Waals surface area (Å²) in [6.07, 6.45) is 1.35. The van der Waals surface area contributed by atoms with Gasteiger partial charge in [0.1, 0.15) is 43.4 Å². The molecule has 0 amide bonds. The Morgan fingerprint density at radius 1 is 1.17 bits per heavy atom. The Morgan fingerprint density at radius 3 is 2.57 bits per heavy atom. The van der Waals surface area contributed by atoms with Crippen LogP contribution < -0.4 is 35.0 Å². The van der Waals surface area contributed by atoms with Gasteiger partial charge in [-0.25, -0.2) is 8.42 Å². The Balaban J connectivity index is 0.00000225. The summed E-state index contributed by atoms with van der Waals surface area (Å²) in [6, 6.07) is 2.19. The van der Waals surface area contributed by atoms with Crippen molar-refractivity contribution in [3.8, 4) is 11.5 Å². The molecule has 30 heavy (non-hydrogen) atoms. The number of nitrogens with one attached hydrogen (secondary N) is 1. The maximum Gasteiger partial charge on any atom is 0.220 e. The lowest BCUT2D eigenvalue weighted by Gasteiger charge is -2.25. The lowest BCUT2D eigenvalue weighted by atomic mass is 10.0. The predicted octanol–water partition coefficient (Wildman–Crippen LogP) is -7.30. The molecule has 0 radical (unpaired) electrons. The van der Waals surface area contributed by atoms with E-state index in [0.29, 0.717) is 25.1 Å². The first kappa shape index (κ1) is 27.5. The van der Waals surface area contributed by atoms with Crippen LogP contribution in [0.1, 0.15) is 24.4 Å². The zero-order valence-corrected chi connectivity index (χ0v) is 19.8. The van der Waals surface area contributed by atoms with Crippen LogP contribution in [0.15, 0.2) is 12.1 Å². The van der Waals surface area contributed by atoms with Gasteiger partial charge in [0.05, 0.1) is 30.8 Å². The highest BCUT2D eigenvalue weighted by Gasteiger charge is 2.36. The first-order valence-corrected chi connectivity index (χ1v) is 11.8. The molecule has 0 spiro atoms. The van der Waals surface area contributed by atoms with Gasteiger partial charge >= 0.3 is 0 Å². The van der Waals surface area contributed by atoms with E-state index in [-0.39, 0.29) is 47.1 Å². The van der Waals surface area contributed by atoms with E-state index in [1.165, 1.54) is 21.3 Å². The fraction of sp³-hybridized carbons (Fsp3) is 0.667. The van der Waals surface area contributed by atoms with E-state index in [1.807, 2.05) is 0 Å². The van der Waals surface area contributed by atoms with Gasteiger partial charge in [-0.3, -0.25) is 0 Å². The third-order valence-electron chi connectivity index (χ3n) is 5.50. The first-order chi connectivity index (χ1) is 13.4. The second kappa shape index (κ2) is 12.5. The van der Waals surface area contributed by atoms with Gasteiger partial charge < -0.3 is 50.0 Å². The number of benzene rings is 1. The summed E-state index contributed by atoms with van der Waals surface area (Å²) in [5.41, 5.74) is 0.448. The summed E-state index contributed by atoms with van der Waals surface area (Å²) in [4.78, 5) is 1.50. The Labute approximate surface area is 195 Å². The van der Waals surface area contributed by atoms with E-state index in [1.54, 1.807) is 0 Å². The molecule has 2 aliphatic rings. The number of nitrogens with two attached hydrogens (primary N) is 1. The molecular weight excluding hydrogens is 477 g/mol. The topological polar surface area (TPSA) is 108 Å². The summed E-state index contributed by atoms with van der Waals surface area (Å²) in [6.45, 7) is 6.47. The maximum atomic E-state index is 12.9. The van der Waals surface area contributed by atoms with E-state index >= 15 is 0 Å². The Hall–Kier alpha value is -0.520. The molecular formula is C18H30Cl3N3O5S. The van der Waals surface area contributed by atoms with Gasteiger partial charge in [-0.15, -0.1) is 0 Å². The van der Waals surface area contributed by atoms with E-state index in [2.05, 4.69) is 5.32 Å². The van der Waals surface area contributed by atoms with Crippen LogP contribution in [0.5, 0.6) is 11.5 Å². The van der Waals surface area contributed by atoms with Crippen LogP contribution >= 0.6 is 11.6 Å². The smallest absolute Gasteiger partial charge is 0.220 e. The SMILES string of the molecule is O=S(=O)(CC[NH2+]CC[NH+]1CCOCC1)N1CCCC1c1cc(Cl)c(O)cc1O.[Cl-].[Cl-]. The van der Waals surface area contributed by atoms with Crippen LogP contribution in [0.25, 0.3) is 0 Å². The van der Waals surface area contributed by atoms with Crippen LogP contribution in [0.2, 0.25) is 5.02 Å². The molecule has 5 N–H and O–H groups in total. The Morgan fingerprint density at radius 2 is 1.87 bits per heavy atom. The van der Waals surface area contributed by atoms with E-state index in [4.69, 9.17) is 16.3 Å². The highest BCUT2D eigenvalue weighted by Crippen LogP contribution is 2.41. The van der Waals surface area contributed by atoms with Crippen LogP contribution in [0.4, 0.5) is 0 Å². The second-order valence-corrected chi connectivity index (χ2v) is 9.87. The zero-order chi connectivity index (χ0) is 20.1. The molecule has 2 saturated heterocycles. The second-order valence-electron chi connectivity index (χ2n) is 7.43.